The van der Waals surface area contributed by atoms with Gasteiger partial charge in [-0.1, -0.05) is 0 Å². The van der Waals surface area contributed by atoms with Gasteiger partial charge in [0.25, 0.3) is 0 Å². The third-order valence-electron chi connectivity index (χ3n) is 1.93. The van der Waals surface area contributed by atoms with E-state index in [2.05, 4.69) is 20.5 Å². The Morgan fingerprint density at radius 1 is 1.20 bits per heavy atom. The Balaban J connectivity index is 2.03. The van der Waals surface area contributed by atoms with E-state index in [1.54, 1.807) is 12.4 Å². The summed E-state index contributed by atoms with van der Waals surface area (Å²) in [6.07, 6.45) is 3.30. The average Bonchev–Trinajstić information content (AvgIpc) is 2.29. The molecule has 0 saturated heterocycles. The molecule has 0 aliphatic rings. The number of rotatable bonds is 3. The van der Waals surface area contributed by atoms with Crippen molar-refractivity contribution in [2.45, 2.75) is 6.54 Å². The van der Waals surface area contributed by atoms with E-state index in [0.29, 0.717) is 12.4 Å². The summed E-state index contributed by atoms with van der Waals surface area (Å²) in [6, 6.07) is 7.44. The third kappa shape index (κ3) is 2.40. The van der Waals surface area contributed by atoms with Crippen molar-refractivity contribution in [2.24, 2.45) is 0 Å². The molecule has 2 heterocycles. The first-order chi connectivity index (χ1) is 7.36. The standard InChI is InChI=1S/C10H11N5/c11-10-9(4-2-5-12-10)13-7-8-3-1-6-14-15-8/h1-6,13H,7H2,(H2,11,12). The molecule has 2 aromatic heterocycles. The molecule has 0 radical (unpaired) electrons. The monoisotopic (exact) mass is 201 g/mol. The zero-order chi connectivity index (χ0) is 10.5. The van der Waals surface area contributed by atoms with Crippen molar-refractivity contribution < 1.29 is 0 Å². The molecule has 3 N–H and O–H groups in total. The highest BCUT2D eigenvalue weighted by Crippen LogP contribution is 2.13. The van der Waals surface area contributed by atoms with E-state index in [9.17, 15) is 0 Å². The van der Waals surface area contributed by atoms with Crippen LogP contribution in [0.3, 0.4) is 0 Å². The molecule has 15 heavy (non-hydrogen) atoms. The number of nitrogens with one attached hydrogen (secondary N) is 1. The molecule has 0 amide bonds. The molecular weight excluding hydrogens is 190 g/mol. The highest BCUT2D eigenvalue weighted by Gasteiger charge is 1.98. The largest absolute Gasteiger partial charge is 0.382 e. The van der Waals surface area contributed by atoms with Crippen LogP contribution in [-0.4, -0.2) is 15.2 Å². The Labute approximate surface area is 87.4 Å². The molecule has 0 saturated carbocycles. The summed E-state index contributed by atoms with van der Waals surface area (Å²) >= 11 is 0. The zero-order valence-electron chi connectivity index (χ0n) is 8.09. The molecule has 0 bridgehead atoms. The molecule has 0 spiro atoms. The van der Waals surface area contributed by atoms with Gasteiger partial charge < -0.3 is 11.1 Å². The summed E-state index contributed by atoms with van der Waals surface area (Å²) in [5.41, 5.74) is 7.35. The van der Waals surface area contributed by atoms with Crippen LogP contribution in [0.5, 0.6) is 0 Å². The second-order valence-corrected chi connectivity index (χ2v) is 3.00. The van der Waals surface area contributed by atoms with Crippen molar-refractivity contribution in [1.82, 2.24) is 15.2 Å². The van der Waals surface area contributed by atoms with Gasteiger partial charge in [-0.25, -0.2) is 4.98 Å². The predicted molar refractivity (Wildman–Crippen MR) is 58.0 cm³/mol. The van der Waals surface area contributed by atoms with Crippen molar-refractivity contribution in [1.29, 1.82) is 0 Å². The van der Waals surface area contributed by atoms with Crippen LogP contribution < -0.4 is 11.1 Å². The highest BCUT2D eigenvalue weighted by atomic mass is 15.1. The summed E-state index contributed by atoms with van der Waals surface area (Å²) in [5.74, 6) is 0.487. The van der Waals surface area contributed by atoms with Crippen LogP contribution in [-0.2, 0) is 6.54 Å². The first-order valence-corrected chi connectivity index (χ1v) is 4.57. The molecule has 0 aromatic carbocycles. The number of hydrogen-bond acceptors (Lipinski definition) is 5. The van der Waals surface area contributed by atoms with E-state index >= 15 is 0 Å². The lowest BCUT2D eigenvalue weighted by Gasteiger charge is -2.06. The topological polar surface area (TPSA) is 76.7 Å². The minimum atomic E-state index is 0.487. The average molecular weight is 201 g/mol. The van der Waals surface area contributed by atoms with Gasteiger partial charge in [0.1, 0.15) is 5.82 Å². The van der Waals surface area contributed by atoms with Gasteiger partial charge in [-0.2, -0.15) is 10.2 Å². The van der Waals surface area contributed by atoms with Crippen molar-refractivity contribution in [2.75, 3.05) is 11.1 Å². The Kier molecular flexibility index (Phi) is 2.73. The van der Waals surface area contributed by atoms with Gasteiger partial charge in [0, 0.05) is 12.4 Å². The number of aromatic nitrogens is 3. The maximum absolute atomic E-state index is 5.68. The lowest BCUT2D eigenvalue weighted by atomic mass is 10.3. The fourth-order valence-corrected chi connectivity index (χ4v) is 1.18. The molecule has 2 rings (SSSR count). The maximum Gasteiger partial charge on any atom is 0.146 e. The summed E-state index contributed by atoms with van der Waals surface area (Å²) in [7, 11) is 0. The van der Waals surface area contributed by atoms with Gasteiger partial charge in [-0.3, -0.25) is 0 Å². The van der Waals surface area contributed by atoms with Crippen LogP contribution in [0.25, 0.3) is 0 Å². The zero-order valence-corrected chi connectivity index (χ0v) is 8.09. The molecule has 0 aliphatic heterocycles. The van der Waals surface area contributed by atoms with Crippen LogP contribution in [0.1, 0.15) is 5.69 Å². The molecule has 0 aliphatic carbocycles. The third-order valence-corrected chi connectivity index (χ3v) is 1.93. The van der Waals surface area contributed by atoms with Gasteiger partial charge >= 0.3 is 0 Å². The summed E-state index contributed by atoms with van der Waals surface area (Å²) in [5, 5.41) is 10.9. The van der Waals surface area contributed by atoms with E-state index in [0.717, 1.165) is 11.4 Å². The van der Waals surface area contributed by atoms with E-state index in [-0.39, 0.29) is 0 Å². The van der Waals surface area contributed by atoms with E-state index in [1.807, 2.05) is 24.3 Å². The Bertz CT molecular complexity index is 429. The van der Waals surface area contributed by atoms with Crippen LogP contribution >= 0.6 is 0 Å². The molecule has 76 valence electrons. The summed E-state index contributed by atoms with van der Waals surface area (Å²) in [4.78, 5) is 3.97. The number of nitrogens with zero attached hydrogens (tertiary/aromatic N) is 3. The minimum absolute atomic E-state index is 0.487. The highest BCUT2D eigenvalue weighted by molar-refractivity contribution is 5.60. The predicted octanol–water partition coefficient (Wildman–Crippen LogP) is 1.07. The molecule has 5 heteroatoms. The number of pyridine rings is 1. The van der Waals surface area contributed by atoms with Gasteiger partial charge in [0.2, 0.25) is 0 Å². The van der Waals surface area contributed by atoms with E-state index in [1.165, 1.54) is 0 Å². The van der Waals surface area contributed by atoms with Crippen LogP contribution in [0.2, 0.25) is 0 Å². The second-order valence-electron chi connectivity index (χ2n) is 3.00. The number of nitrogens with two attached hydrogens (primary N) is 1. The van der Waals surface area contributed by atoms with Crippen LogP contribution in [0.15, 0.2) is 36.7 Å². The summed E-state index contributed by atoms with van der Waals surface area (Å²) in [6.45, 7) is 0.587. The van der Waals surface area contributed by atoms with Gasteiger partial charge in [0.05, 0.1) is 17.9 Å². The molecule has 0 fully saturated rings. The Hall–Kier alpha value is -2.17. The first kappa shape index (κ1) is 9.39. The van der Waals surface area contributed by atoms with E-state index < -0.39 is 0 Å². The second kappa shape index (κ2) is 4.36. The van der Waals surface area contributed by atoms with Crippen LogP contribution in [0.4, 0.5) is 11.5 Å². The van der Waals surface area contributed by atoms with Gasteiger partial charge in [0.15, 0.2) is 0 Å². The number of hydrogen-bond donors (Lipinski definition) is 2. The smallest absolute Gasteiger partial charge is 0.146 e. The van der Waals surface area contributed by atoms with Crippen molar-refractivity contribution in [3.63, 3.8) is 0 Å². The Morgan fingerprint density at radius 3 is 2.80 bits per heavy atom. The number of anilines is 2. The quantitative estimate of drug-likeness (QED) is 0.776. The number of nitrogen functional groups attached to an aromatic ring is 1. The Morgan fingerprint density at radius 2 is 2.07 bits per heavy atom. The first-order valence-electron chi connectivity index (χ1n) is 4.57. The molecule has 0 atom stereocenters. The lowest BCUT2D eigenvalue weighted by molar-refractivity contribution is 0.924. The lowest BCUT2D eigenvalue weighted by Crippen LogP contribution is -2.05. The fraction of sp³-hybridized carbons (Fsp3) is 0.100. The molecule has 0 unspecified atom stereocenters. The summed E-state index contributed by atoms with van der Waals surface area (Å²) < 4.78 is 0. The van der Waals surface area contributed by atoms with E-state index in [4.69, 9.17) is 5.73 Å². The molecular formula is C10H11N5. The molecule has 5 nitrogen and oxygen atoms in total. The van der Waals surface area contributed by atoms with Crippen molar-refractivity contribution in [3.8, 4) is 0 Å². The minimum Gasteiger partial charge on any atom is -0.382 e. The SMILES string of the molecule is Nc1ncccc1NCc1cccnn1. The van der Waals surface area contributed by atoms with Gasteiger partial charge in [-0.15, -0.1) is 0 Å². The molecule has 2 aromatic rings. The fourth-order valence-electron chi connectivity index (χ4n) is 1.18. The van der Waals surface area contributed by atoms with Crippen LogP contribution in [0, 0.1) is 0 Å². The maximum atomic E-state index is 5.68. The van der Waals surface area contributed by atoms with Crippen molar-refractivity contribution >= 4 is 11.5 Å². The van der Waals surface area contributed by atoms with Crippen molar-refractivity contribution in [3.05, 3.63) is 42.4 Å². The van der Waals surface area contributed by atoms with Gasteiger partial charge in [-0.05, 0) is 24.3 Å². The normalized spacial score (nSPS) is 9.87.